The maximum Gasteiger partial charge on any atom is 0.341 e. The van der Waals surface area contributed by atoms with Gasteiger partial charge in [0.2, 0.25) is 0 Å². The first-order chi connectivity index (χ1) is 8.69. The molecular weight excluding hydrogens is 252 g/mol. The van der Waals surface area contributed by atoms with Crippen LogP contribution in [-0.2, 0) is 16.0 Å². The molecule has 19 heavy (non-hydrogen) atoms. The third-order valence-corrected chi connectivity index (χ3v) is 2.81. The fraction of sp³-hybridized carbons (Fsp3) is 0.385. The van der Waals surface area contributed by atoms with E-state index in [-0.39, 0.29) is 23.3 Å². The van der Waals surface area contributed by atoms with Crippen LogP contribution in [0.4, 0.5) is 0 Å². The van der Waals surface area contributed by atoms with Crippen molar-refractivity contribution in [3.05, 3.63) is 23.3 Å². The number of carboxylic acid groups (broad SMARTS) is 1. The molecule has 0 fully saturated rings. The minimum atomic E-state index is -1.11. The van der Waals surface area contributed by atoms with Crippen LogP contribution < -0.4 is 0 Å². The largest absolute Gasteiger partial charge is 0.508 e. The summed E-state index contributed by atoms with van der Waals surface area (Å²) in [6.07, 6.45) is 0.0123. The summed E-state index contributed by atoms with van der Waals surface area (Å²) >= 11 is 0. The second-order valence-electron chi connectivity index (χ2n) is 4.86. The van der Waals surface area contributed by atoms with Gasteiger partial charge in [-0.25, -0.2) is 4.79 Å². The Bertz CT molecular complexity index is 518. The zero-order valence-electron chi connectivity index (χ0n) is 10.9. The van der Waals surface area contributed by atoms with Gasteiger partial charge < -0.3 is 20.1 Å². The zero-order chi connectivity index (χ0) is 14.8. The monoisotopic (exact) mass is 268 g/mol. The van der Waals surface area contributed by atoms with E-state index in [1.54, 1.807) is 0 Å². The van der Waals surface area contributed by atoms with Gasteiger partial charge in [-0.15, -0.1) is 0 Å². The molecule has 1 aromatic carbocycles. The number of benzene rings is 1. The van der Waals surface area contributed by atoms with E-state index in [0.717, 1.165) is 13.2 Å². The van der Waals surface area contributed by atoms with Gasteiger partial charge in [-0.2, -0.15) is 0 Å². The third-order valence-electron chi connectivity index (χ3n) is 2.81. The predicted octanol–water partition coefficient (Wildman–Crippen LogP) is 1.54. The van der Waals surface area contributed by atoms with E-state index >= 15 is 0 Å². The van der Waals surface area contributed by atoms with Crippen molar-refractivity contribution in [2.24, 2.45) is 5.41 Å². The van der Waals surface area contributed by atoms with Crippen molar-refractivity contribution in [3.63, 3.8) is 0 Å². The van der Waals surface area contributed by atoms with Crippen molar-refractivity contribution in [2.45, 2.75) is 20.3 Å². The summed E-state index contributed by atoms with van der Waals surface area (Å²) in [5.41, 5.74) is -0.968. The number of aliphatic carboxylic acids is 1. The second kappa shape index (κ2) is 5.17. The van der Waals surface area contributed by atoms with Gasteiger partial charge in [-0.3, -0.25) is 4.79 Å². The molecule has 0 radical (unpaired) electrons. The number of phenols is 2. The minimum absolute atomic E-state index is 0.0123. The van der Waals surface area contributed by atoms with Crippen LogP contribution in [0.5, 0.6) is 11.5 Å². The molecule has 0 unspecified atom stereocenters. The molecule has 0 heterocycles. The van der Waals surface area contributed by atoms with Crippen molar-refractivity contribution in [3.8, 4) is 11.5 Å². The summed E-state index contributed by atoms with van der Waals surface area (Å²) in [7, 11) is 1.16. The maximum absolute atomic E-state index is 11.4. The smallest absolute Gasteiger partial charge is 0.341 e. The Morgan fingerprint density at radius 1 is 1.21 bits per heavy atom. The highest BCUT2D eigenvalue weighted by molar-refractivity contribution is 5.93. The van der Waals surface area contributed by atoms with Crippen LogP contribution >= 0.6 is 0 Å². The van der Waals surface area contributed by atoms with E-state index in [9.17, 15) is 19.8 Å². The number of methoxy groups -OCH3 is 1. The number of carbonyl (C=O) groups excluding carboxylic acids is 1. The lowest BCUT2D eigenvalue weighted by Gasteiger charge is -2.20. The average Bonchev–Trinajstić information content (AvgIpc) is 2.31. The fourth-order valence-corrected chi connectivity index (χ4v) is 1.59. The fourth-order valence-electron chi connectivity index (χ4n) is 1.59. The Hall–Kier alpha value is -2.24. The van der Waals surface area contributed by atoms with E-state index < -0.39 is 23.1 Å². The molecule has 104 valence electrons. The highest BCUT2D eigenvalue weighted by atomic mass is 16.5. The molecule has 6 heteroatoms. The molecule has 0 aliphatic carbocycles. The van der Waals surface area contributed by atoms with Gasteiger partial charge in [-0.05, 0) is 31.9 Å². The van der Waals surface area contributed by atoms with Crippen LogP contribution in [0.2, 0.25) is 0 Å². The van der Waals surface area contributed by atoms with Crippen LogP contribution in [0.3, 0.4) is 0 Å². The molecule has 0 aromatic heterocycles. The van der Waals surface area contributed by atoms with Crippen LogP contribution in [-0.4, -0.2) is 34.4 Å². The minimum Gasteiger partial charge on any atom is -0.508 e. The Balaban J connectivity index is 3.22. The summed E-state index contributed by atoms with van der Waals surface area (Å²) in [6, 6.07) is 2.24. The molecule has 0 atom stereocenters. The van der Waals surface area contributed by atoms with E-state index in [4.69, 9.17) is 5.11 Å². The lowest BCUT2D eigenvalue weighted by molar-refractivity contribution is -0.146. The molecule has 0 saturated carbocycles. The van der Waals surface area contributed by atoms with Gasteiger partial charge in [0, 0.05) is 6.07 Å². The molecular formula is C13H16O6. The number of aromatic hydroxyl groups is 2. The number of hydrogen-bond acceptors (Lipinski definition) is 5. The molecule has 0 aliphatic heterocycles. The number of phenolic OH excluding ortho intramolecular Hbond substituents is 2. The summed E-state index contributed by atoms with van der Waals surface area (Å²) in [5, 5.41) is 28.3. The van der Waals surface area contributed by atoms with Crippen molar-refractivity contribution in [1.82, 2.24) is 0 Å². The molecule has 0 bridgehead atoms. The predicted molar refractivity (Wildman–Crippen MR) is 66.2 cm³/mol. The van der Waals surface area contributed by atoms with E-state index in [2.05, 4.69) is 4.74 Å². The highest BCUT2D eigenvalue weighted by Crippen LogP contribution is 2.32. The van der Waals surface area contributed by atoms with Crippen LogP contribution in [0.15, 0.2) is 12.1 Å². The number of esters is 1. The molecule has 3 N–H and O–H groups in total. The number of carbonyl (C=O) groups is 2. The Labute approximate surface area is 110 Å². The van der Waals surface area contributed by atoms with Crippen molar-refractivity contribution in [2.75, 3.05) is 7.11 Å². The molecule has 1 aromatic rings. The Morgan fingerprint density at radius 2 is 1.79 bits per heavy atom. The van der Waals surface area contributed by atoms with Crippen LogP contribution in [0, 0.1) is 5.41 Å². The van der Waals surface area contributed by atoms with Gasteiger partial charge in [0.1, 0.15) is 17.1 Å². The van der Waals surface area contributed by atoms with Crippen molar-refractivity contribution in [1.29, 1.82) is 0 Å². The Morgan fingerprint density at radius 3 is 2.26 bits per heavy atom. The van der Waals surface area contributed by atoms with Gasteiger partial charge in [-0.1, -0.05) is 0 Å². The Kier molecular flexibility index (Phi) is 4.04. The highest BCUT2D eigenvalue weighted by Gasteiger charge is 2.29. The number of hydrogen-bond donors (Lipinski definition) is 3. The van der Waals surface area contributed by atoms with Crippen LogP contribution in [0.1, 0.15) is 29.8 Å². The van der Waals surface area contributed by atoms with Crippen molar-refractivity contribution >= 4 is 11.9 Å². The first-order valence-corrected chi connectivity index (χ1v) is 5.55. The van der Waals surface area contributed by atoms with Crippen LogP contribution in [0.25, 0.3) is 0 Å². The quantitative estimate of drug-likeness (QED) is 0.715. The molecule has 6 nitrogen and oxygen atoms in total. The normalized spacial score (nSPS) is 11.1. The topological polar surface area (TPSA) is 104 Å². The van der Waals surface area contributed by atoms with Crippen molar-refractivity contribution < 1.29 is 29.6 Å². The first kappa shape index (κ1) is 14.8. The second-order valence-corrected chi connectivity index (χ2v) is 4.86. The van der Waals surface area contributed by atoms with Gasteiger partial charge in [0.15, 0.2) is 0 Å². The van der Waals surface area contributed by atoms with E-state index in [1.807, 2.05) is 0 Å². The number of ether oxygens (including phenoxy) is 1. The third kappa shape index (κ3) is 3.15. The molecule has 0 saturated heterocycles. The van der Waals surface area contributed by atoms with Gasteiger partial charge >= 0.3 is 11.9 Å². The molecule has 0 amide bonds. The first-order valence-electron chi connectivity index (χ1n) is 5.55. The molecule has 0 aliphatic rings. The van der Waals surface area contributed by atoms with Gasteiger partial charge in [0.25, 0.3) is 0 Å². The maximum atomic E-state index is 11.4. The van der Waals surface area contributed by atoms with E-state index in [1.165, 1.54) is 19.9 Å². The number of carboxylic acids is 1. The standard InChI is InChI=1S/C13H16O6/c1-13(2,12(17)18)6-7-4-8(11(16)19-3)10(15)5-9(7)14/h4-5,14-15H,6H2,1-3H3,(H,17,18). The van der Waals surface area contributed by atoms with Gasteiger partial charge in [0.05, 0.1) is 12.5 Å². The SMILES string of the molecule is COC(=O)c1cc(CC(C)(C)C(=O)O)c(O)cc1O. The summed E-state index contributed by atoms with van der Waals surface area (Å²) in [6.45, 7) is 3.00. The summed E-state index contributed by atoms with van der Waals surface area (Å²) in [4.78, 5) is 22.5. The summed E-state index contributed by atoms with van der Waals surface area (Å²) < 4.78 is 4.49. The molecule has 1 rings (SSSR count). The van der Waals surface area contributed by atoms with E-state index in [0.29, 0.717) is 0 Å². The lowest BCUT2D eigenvalue weighted by atomic mass is 9.85. The lowest BCUT2D eigenvalue weighted by Crippen LogP contribution is -2.26. The average molecular weight is 268 g/mol. The summed E-state index contributed by atoms with van der Waals surface area (Å²) in [5.74, 6) is -2.47. The molecule has 0 spiro atoms. The number of rotatable bonds is 4. The zero-order valence-corrected chi connectivity index (χ0v) is 10.9.